The van der Waals surface area contributed by atoms with Gasteiger partial charge in [-0.3, -0.25) is 9.59 Å². The zero-order valence-corrected chi connectivity index (χ0v) is 20.5. The number of hydrogen-bond acceptors (Lipinski definition) is 8. The van der Waals surface area contributed by atoms with Gasteiger partial charge in [-0.05, 0) is 48.9 Å². The van der Waals surface area contributed by atoms with Gasteiger partial charge in [0.05, 0.1) is 40.1 Å². The highest BCUT2D eigenvalue weighted by molar-refractivity contribution is 7.13. The fourth-order valence-corrected chi connectivity index (χ4v) is 4.10. The quantitative estimate of drug-likeness (QED) is 0.381. The van der Waals surface area contributed by atoms with Crippen LogP contribution in [-0.4, -0.2) is 56.2 Å². The smallest absolute Gasteiger partial charge is 0.325 e. The zero-order valence-electron chi connectivity index (χ0n) is 19.7. The summed E-state index contributed by atoms with van der Waals surface area (Å²) in [5.74, 6) is 1.25. The highest BCUT2D eigenvalue weighted by atomic mass is 32.1. The van der Waals surface area contributed by atoms with Crippen molar-refractivity contribution in [3.8, 4) is 27.8 Å². The van der Waals surface area contributed by atoms with Crippen molar-refractivity contribution in [2.75, 3.05) is 34.5 Å². The maximum atomic E-state index is 13.1. The Labute approximate surface area is 203 Å². The predicted molar refractivity (Wildman–Crippen MR) is 129 cm³/mol. The molecule has 0 aliphatic rings. The average Bonchev–Trinajstić information content (AvgIpc) is 3.32. The lowest BCUT2D eigenvalue weighted by Crippen LogP contribution is -2.36. The number of aromatic nitrogens is 1. The topological polar surface area (TPSA) is 87.2 Å². The molecule has 8 nitrogen and oxygen atoms in total. The van der Waals surface area contributed by atoms with E-state index < -0.39 is 5.97 Å². The first-order valence-electron chi connectivity index (χ1n) is 10.7. The lowest BCUT2D eigenvalue weighted by Gasteiger charge is -2.22. The SMILES string of the molecule is CCOc1ccc(-c2nc(CC(=O)N(CC(=O)OC)Cc3cc(OC)cc(OC)c3)cs2)cc1. The number of rotatable bonds is 11. The summed E-state index contributed by atoms with van der Waals surface area (Å²) in [6.07, 6.45) is 0.0611. The van der Waals surface area contributed by atoms with E-state index in [0.29, 0.717) is 23.8 Å². The number of methoxy groups -OCH3 is 3. The minimum Gasteiger partial charge on any atom is -0.497 e. The van der Waals surface area contributed by atoms with Crippen molar-refractivity contribution in [3.63, 3.8) is 0 Å². The van der Waals surface area contributed by atoms with Gasteiger partial charge in [-0.2, -0.15) is 0 Å². The molecule has 0 atom stereocenters. The van der Waals surface area contributed by atoms with Crippen molar-refractivity contribution in [1.29, 1.82) is 0 Å². The molecule has 0 fully saturated rings. The van der Waals surface area contributed by atoms with Crippen molar-refractivity contribution in [3.05, 3.63) is 59.1 Å². The Morgan fingerprint density at radius 1 is 0.971 bits per heavy atom. The number of carbonyl (C=O) groups is 2. The Balaban J connectivity index is 1.75. The number of hydrogen-bond donors (Lipinski definition) is 0. The molecule has 34 heavy (non-hydrogen) atoms. The molecule has 1 amide bonds. The van der Waals surface area contributed by atoms with Crippen LogP contribution in [0.3, 0.4) is 0 Å². The number of amides is 1. The minimum absolute atomic E-state index is 0.0611. The lowest BCUT2D eigenvalue weighted by molar-refractivity contribution is -0.147. The summed E-state index contributed by atoms with van der Waals surface area (Å²) in [5.41, 5.74) is 2.35. The van der Waals surface area contributed by atoms with Crippen LogP contribution in [0.4, 0.5) is 0 Å². The Hall–Kier alpha value is -3.59. The molecule has 1 heterocycles. The molecular formula is C25H28N2O6S. The van der Waals surface area contributed by atoms with Gasteiger partial charge in [0.1, 0.15) is 28.8 Å². The van der Waals surface area contributed by atoms with Crippen molar-refractivity contribution in [2.45, 2.75) is 19.9 Å². The monoisotopic (exact) mass is 484 g/mol. The van der Waals surface area contributed by atoms with Gasteiger partial charge in [0, 0.05) is 23.6 Å². The summed E-state index contributed by atoms with van der Waals surface area (Å²) in [6.45, 7) is 2.56. The Morgan fingerprint density at radius 2 is 1.65 bits per heavy atom. The molecule has 0 saturated carbocycles. The van der Waals surface area contributed by atoms with Gasteiger partial charge in [-0.1, -0.05) is 0 Å². The first-order chi connectivity index (χ1) is 16.4. The molecule has 3 aromatic rings. The lowest BCUT2D eigenvalue weighted by atomic mass is 10.1. The molecule has 0 N–H and O–H groups in total. The van der Waals surface area contributed by atoms with Crippen LogP contribution in [-0.2, 0) is 27.3 Å². The summed E-state index contributed by atoms with van der Waals surface area (Å²) in [7, 11) is 4.41. The van der Waals surface area contributed by atoms with Crippen molar-refractivity contribution >= 4 is 23.2 Å². The molecule has 1 aromatic heterocycles. The van der Waals surface area contributed by atoms with Gasteiger partial charge in [-0.15, -0.1) is 11.3 Å². The average molecular weight is 485 g/mol. The third-order valence-corrected chi connectivity index (χ3v) is 5.92. The van der Waals surface area contributed by atoms with E-state index in [-0.39, 0.29) is 25.4 Å². The van der Waals surface area contributed by atoms with Gasteiger partial charge in [0.25, 0.3) is 0 Å². The maximum Gasteiger partial charge on any atom is 0.325 e. The van der Waals surface area contributed by atoms with Gasteiger partial charge in [0.2, 0.25) is 5.91 Å². The van der Waals surface area contributed by atoms with Crippen LogP contribution in [0.1, 0.15) is 18.2 Å². The second-order valence-electron chi connectivity index (χ2n) is 7.33. The van der Waals surface area contributed by atoms with Crippen LogP contribution >= 0.6 is 11.3 Å². The van der Waals surface area contributed by atoms with E-state index in [1.807, 2.05) is 36.6 Å². The summed E-state index contributed by atoms with van der Waals surface area (Å²) < 4.78 is 20.9. The molecule has 0 aliphatic heterocycles. The van der Waals surface area contributed by atoms with Crippen LogP contribution in [0.25, 0.3) is 10.6 Å². The largest absolute Gasteiger partial charge is 0.497 e. The van der Waals surface area contributed by atoms with Crippen LogP contribution in [0, 0.1) is 0 Å². The number of nitrogens with zero attached hydrogens (tertiary/aromatic N) is 2. The fourth-order valence-electron chi connectivity index (χ4n) is 3.28. The fraction of sp³-hybridized carbons (Fsp3) is 0.320. The normalized spacial score (nSPS) is 10.5. The van der Waals surface area contributed by atoms with Crippen molar-refractivity contribution < 1.29 is 28.5 Å². The second kappa shape index (κ2) is 12.0. The zero-order chi connectivity index (χ0) is 24.5. The van der Waals surface area contributed by atoms with Gasteiger partial charge < -0.3 is 23.8 Å². The molecule has 0 aliphatic carbocycles. The molecule has 0 unspecified atom stereocenters. The van der Waals surface area contributed by atoms with E-state index in [2.05, 4.69) is 4.98 Å². The number of benzene rings is 2. The summed E-state index contributed by atoms with van der Waals surface area (Å²) in [4.78, 5) is 31.2. The van der Waals surface area contributed by atoms with E-state index in [1.165, 1.54) is 23.3 Å². The molecule has 9 heteroatoms. The Morgan fingerprint density at radius 3 is 2.24 bits per heavy atom. The number of ether oxygens (including phenoxy) is 4. The molecule has 180 valence electrons. The first-order valence-corrected chi connectivity index (χ1v) is 11.6. The maximum absolute atomic E-state index is 13.1. The summed E-state index contributed by atoms with van der Waals surface area (Å²) >= 11 is 1.46. The standard InChI is InChI=1S/C25H28N2O6S/c1-5-33-20-8-6-18(7-9-20)25-26-19(16-34-25)12-23(28)27(15-24(29)32-4)14-17-10-21(30-2)13-22(11-17)31-3/h6-11,13,16H,5,12,14-15H2,1-4H3. The highest BCUT2D eigenvalue weighted by Crippen LogP contribution is 2.27. The predicted octanol–water partition coefficient (Wildman–Crippen LogP) is 3.97. The highest BCUT2D eigenvalue weighted by Gasteiger charge is 2.20. The van der Waals surface area contributed by atoms with E-state index in [0.717, 1.165) is 21.9 Å². The van der Waals surface area contributed by atoms with E-state index in [1.54, 1.807) is 32.4 Å². The summed E-state index contributed by atoms with van der Waals surface area (Å²) in [5, 5.41) is 2.66. The molecular weight excluding hydrogens is 456 g/mol. The van der Waals surface area contributed by atoms with Crippen LogP contribution in [0.15, 0.2) is 47.8 Å². The van der Waals surface area contributed by atoms with Gasteiger partial charge in [-0.25, -0.2) is 4.98 Å². The molecule has 0 bridgehead atoms. The number of thiazole rings is 1. The van der Waals surface area contributed by atoms with Gasteiger partial charge in [0.15, 0.2) is 0 Å². The van der Waals surface area contributed by atoms with Crippen LogP contribution in [0.2, 0.25) is 0 Å². The molecule has 0 saturated heterocycles. The molecule has 2 aromatic carbocycles. The Kier molecular flexibility index (Phi) is 8.86. The first kappa shape index (κ1) is 25.0. The van der Waals surface area contributed by atoms with E-state index >= 15 is 0 Å². The molecule has 3 rings (SSSR count). The van der Waals surface area contributed by atoms with Crippen LogP contribution in [0.5, 0.6) is 17.2 Å². The van der Waals surface area contributed by atoms with Crippen molar-refractivity contribution in [1.82, 2.24) is 9.88 Å². The second-order valence-corrected chi connectivity index (χ2v) is 8.18. The Bertz CT molecular complexity index is 1090. The van der Waals surface area contributed by atoms with Crippen LogP contribution < -0.4 is 14.2 Å². The van der Waals surface area contributed by atoms with E-state index in [9.17, 15) is 9.59 Å². The van der Waals surface area contributed by atoms with E-state index in [4.69, 9.17) is 18.9 Å². The van der Waals surface area contributed by atoms with Gasteiger partial charge >= 0.3 is 5.97 Å². The molecule has 0 spiro atoms. The third-order valence-electron chi connectivity index (χ3n) is 4.98. The molecule has 0 radical (unpaired) electrons. The number of esters is 1. The number of carbonyl (C=O) groups excluding carboxylic acids is 2. The van der Waals surface area contributed by atoms with Crippen molar-refractivity contribution in [2.24, 2.45) is 0 Å². The minimum atomic E-state index is -0.503. The third kappa shape index (κ3) is 6.71. The summed E-state index contributed by atoms with van der Waals surface area (Å²) in [6, 6.07) is 13.0.